The van der Waals surface area contributed by atoms with Crippen molar-refractivity contribution in [2.24, 2.45) is 0 Å². The van der Waals surface area contributed by atoms with Gasteiger partial charge in [0.15, 0.2) is 5.82 Å². The van der Waals surface area contributed by atoms with Crippen molar-refractivity contribution >= 4 is 33.5 Å². The van der Waals surface area contributed by atoms with Gasteiger partial charge in [-0.3, -0.25) is 19.9 Å². The molecule has 0 saturated carbocycles. The van der Waals surface area contributed by atoms with E-state index in [0.29, 0.717) is 56.9 Å². The second-order valence-corrected chi connectivity index (χ2v) is 9.21. The first-order valence-electron chi connectivity index (χ1n) is 12.5. The summed E-state index contributed by atoms with van der Waals surface area (Å²) in [5.41, 5.74) is 5.00. The topological polar surface area (TPSA) is 112 Å². The number of aromatic amines is 2. The Hall–Kier alpha value is -4.99. The number of nitrogens with zero attached hydrogens (tertiary/aromatic N) is 4. The number of unbranched alkanes of at least 4 members (excludes halogenated alkanes) is 1. The lowest BCUT2D eigenvalue weighted by molar-refractivity contribution is -0.116. The standard InChI is InChI=1S/C29H23F2N7O/c1-2-3-4-25(39)34-19-11-17(14-32-15-19)20-12-21-24(13-22(20)31)37-38-27(21)29-35-23-9-10-33-26(28(23)36-29)16-5-7-18(30)8-6-16/h5-15H,2-4H2,1H3,(H,34,39)(H,35,36)(H,37,38). The Morgan fingerprint density at radius 3 is 2.64 bits per heavy atom. The van der Waals surface area contributed by atoms with Gasteiger partial charge in [0.2, 0.25) is 5.91 Å². The van der Waals surface area contributed by atoms with E-state index >= 15 is 4.39 Å². The molecule has 0 aliphatic rings. The second kappa shape index (κ2) is 10.1. The number of hydrogen-bond donors (Lipinski definition) is 3. The van der Waals surface area contributed by atoms with Crippen molar-refractivity contribution in [2.75, 3.05) is 5.32 Å². The molecule has 10 heteroatoms. The number of imidazole rings is 1. The number of rotatable bonds is 7. The maximum Gasteiger partial charge on any atom is 0.224 e. The molecular weight excluding hydrogens is 500 g/mol. The van der Waals surface area contributed by atoms with Crippen LogP contribution in [0.1, 0.15) is 26.2 Å². The van der Waals surface area contributed by atoms with Crippen LogP contribution in [-0.4, -0.2) is 36.0 Å². The molecule has 6 rings (SSSR count). The van der Waals surface area contributed by atoms with Crippen LogP contribution >= 0.6 is 0 Å². The number of H-pyrrole nitrogens is 2. The maximum atomic E-state index is 15.2. The zero-order valence-electron chi connectivity index (χ0n) is 20.9. The predicted molar refractivity (Wildman–Crippen MR) is 146 cm³/mol. The number of hydrogen-bond acceptors (Lipinski definition) is 5. The van der Waals surface area contributed by atoms with Crippen LogP contribution in [0.2, 0.25) is 0 Å². The van der Waals surface area contributed by atoms with Gasteiger partial charge in [-0.25, -0.2) is 13.8 Å². The highest BCUT2D eigenvalue weighted by molar-refractivity contribution is 5.98. The molecule has 1 amide bonds. The molecule has 0 radical (unpaired) electrons. The molecule has 0 atom stereocenters. The summed E-state index contributed by atoms with van der Waals surface area (Å²) in [6.07, 6.45) is 6.85. The Morgan fingerprint density at radius 2 is 1.82 bits per heavy atom. The molecule has 6 aromatic rings. The molecule has 0 fully saturated rings. The van der Waals surface area contributed by atoms with Crippen LogP contribution in [0.3, 0.4) is 0 Å². The number of aromatic nitrogens is 6. The van der Waals surface area contributed by atoms with Crippen LogP contribution in [-0.2, 0) is 4.79 Å². The van der Waals surface area contributed by atoms with Crippen LogP contribution in [0.15, 0.2) is 67.1 Å². The first kappa shape index (κ1) is 24.4. The molecule has 0 bridgehead atoms. The number of carbonyl (C=O) groups excluding carboxylic acids is 1. The zero-order chi connectivity index (χ0) is 26.9. The van der Waals surface area contributed by atoms with E-state index in [2.05, 4.69) is 30.5 Å². The van der Waals surface area contributed by atoms with Gasteiger partial charge in [0, 0.05) is 47.0 Å². The molecule has 8 nitrogen and oxygen atoms in total. The molecule has 0 unspecified atom stereocenters. The average molecular weight is 524 g/mol. The van der Waals surface area contributed by atoms with Gasteiger partial charge >= 0.3 is 0 Å². The molecule has 2 aromatic carbocycles. The molecule has 0 aliphatic carbocycles. The Morgan fingerprint density at radius 1 is 0.974 bits per heavy atom. The van der Waals surface area contributed by atoms with Crippen molar-refractivity contribution in [2.45, 2.75) is 26.2 Å². The summed E-state index contributed by atoms with van der Waals surface area (Å²) in [6.45, 7) is 2.02. The van der Waals surface area contributed by atoms with E-state index in [1.165, 1.54) is 24.4 Å². The summed E-state index contributed by atoms with van der Waals surface area (Å²) >= 11 is 0. The van der Waals surface area contributed by atoms with Crippen LogP contribution < -0.4 is 5.32 Å². The van der Waals surface area contributed by atoms with E-state index in [0.717, 1.165) is 23.9 Å². The van der Waals surface area contributed by atoms with Gasteiger partial charge in [0.1, 0.15) is 22.8 Å². The van der Waals surface area contributed by atoms with Crippen molar-refractivity contribution in [3.8, 4) is 33.9 Å². The SMILES string of the molecule is CCCCC(=O)Nc1cncc(-c2cc3c(-c4nc5c(-c6ccc(F)cc6)nccc5[nH]4)n[nH]c3cc2F)c1. The van der Waals surface area contributed by atoms with E-state index in [9.17, 15) is 9.18 Å². The summed E-state index contributed by atoms with van der Waals surface area (Å²) in [6, 6.07) is 12.6. The molecule has 0 spiro atoms. The van der Waals surface area contributed by atoms with Gasteiger partial charge in [-0.1, -0.05) is 13.3 Å². The minimum absolute atomic E-state index is 0.108. The highest BCUT2D eigenvalue weighted by atomic mass is 19.1. The van der Waals surface area contributed by atoms with Crippen molar-refractivity contribution in [3.05, 3.63) is 78.8 Å². The van der Waals surface area contributed by atoms with Crippen molar-refractivity contribution in [1.29, 1.82) is 0 Å². The molecule has 3 N–H and O–H groups in total. The Kier molecular flexibility index (Phi) is 6.28. The van der Waals surface area contributed by atoms with Gasteiger partial charge in [-0.15, -0.1) is 0 Å². The lowest BCUT2D eigenvalue weighted by atomic mass is 10.0. The highest BCUT2D eigenvalue weighted by Gasteiger charge is 2.18. The van der Waals surface area contributed by atoms with Gasteiger partial charge in [0.25, 0.3) is 0 Å². The maximum absolute atomic E-state index is 15.2. The van der Waals surface area contributed by atoms with Gasteiger partial charge < -0.3 is 10.3 Å². The fourth-order valence-corrected chi connectivity index (χ4v) is 4.52. The number of anilines is 1. The van der Waals surface area contributed by atoms with E-state index in [1.54, 1.807) is 42.7 Å². The third kappa shape index (κ3) is 4.72. The molecular formula is C29H23F2N7O. The Labute approximate surface area is 221 Å². The third-order valence-electron chi connectivity index (χ3n) is 6.48. The molecule has 194 valence electrons. The van der Waals surface area contributed by atoms with E-state index in [1.807, 2.05) is 6.92 Å². The first-order valence-corrected chi connectivity index (χ1v) is 12.5. The van der Waals surface area contributed by atoms with E-state index in [-0.39, 0.29) is 11.7 Å². The quantitative estimate of drug-likeness (QED) is 0.217. The van der Waals surface area contributed by atoms with Crippen LogP contribution in [0.5, 0.6) is 0 Å². The Balaban J connectivity index is 1.40. The lowest BCUT2D eigenvalue weighted by Crippen LogP contribution is -2.11. The minimum Gasteiger partial charge on any atom is -0.336 e. The molecule has 39 heavy (non-hydrogen) atoms. The van der Waals surface area contributed by atoms with Crippen LogP contribution in [0.25, 0.3) is 55.8 Å². The fraction of sp³-hybridized carbons (Fsp3) is 0.138. The van der Waals surface area contributed by atoms with Gasteiger partial charge in [0.05, 0.1) is 28.6 Å². The minimum atomic E-state index is -0.457. The smallest absolute Gasteiger partial charge is 0.224 e. The summed E-state index contributed by atoms with van der Waals surface area (Å²) in [7, 11) is 0. The molecule has 4 aromatic heterocycles. The number of nitrogens with one attached hydrogen (secondary N) is 3. The summed E-state index contributed by atoms with van der Waals surface area (Å²) < 4.78 is 28.7. The highest BCUT2D eigenvalue weighted by Crippen LogP contribution is 2.34. The van der Waals surface area contributed by atoms with E-state index < -0.39 is 5.82 Å². The number of fused-ring (bicyclic) bond motifs is 2. The number of benzene rings is 2. The van der Waals surface area contributed by atoms with Crippen molar-refractivity contribution in [1.82, 2.24) is 30.1 Å². The van der Waals surface area contributed by atoms with Crippen molar-refractivity contribution in [3.63, 3.8) is 0 Å². The molecule has 0 aliphatic heterocycles. The lowest BCUT2D eigenvalue weighted by Gasteiger charge is -2.08. The zero-order valence-corrected chi connectivity index (χ0v) is 20.9. The second-order valence-electron chi connectivity index (χ2n) is 9.21. The van der Waals surface area contributed by atoms with Crippen molar-refractivity contribution < 1.29 is 13.6 Å². The first-order chi connectivity index (χ1) is 19.0. The van der Waals surface area contributed by atoms with E-state index in [4.69, 9.17) is 4.98 Å². The average Bonchev–Trinajstić information content (AvgIpc) is 3.55. The van der Waals surface area contributed by atoms with Gasteiger partial charge in [-0.05, 0) is 48.9 Å². The third-order valence-corrected chi connectivity index (χ3v) is 6.48. The number of amides is 1. The molecule has 0 saturated heterocycles. The number of halogens is 2. The number of carbonyl (C=O) groups is 1. The Bertz CT molecular complexity index is 1830. The molecule has 4 heterocycles. The predicted octanol–water partition coefficient (Wildman–Crippen LogP) is 6.64. The summed E-state index contributed by atoms with van der Waals surface area (Å²) in [5.74, 6) is -0.427. The number of pyridine rings is 2. The van der Waals surface area contributed by atoms with Crippen LogP contribution in [0, 0.1) is 11.6 Å². The van der Waals surface area contributed by atoms with Gasteiger partial charge in [-0.2, -0.15) is 5.10 Å². The van der Waals surface area contributed by atoms with Crippen LogP contribution in [0.4, 0.5) is 14.5 Å². The fourth-order valence-electron chi connectivity index (χ4n) is 4.52. The monoisotopic (exact) mass is 523 g/mol. The summed E-state index contributed by atoms with van der Waals surface area (Å²) in [4.78, 5) is 28.9. The largest absolute Gasteiger partial charge is 0.336 e. The summed E-state index contributed by atoms with van der Waals surface area (Å²) in [5, 5.41) is 10.8. The normalized spacial score (nSPS) is 11.4.